The lowest BCUT2D eigenvalue weighted by Gasteiger charge is -2.34. The summed E-state index contributed by atoms with van der Waals surface area (Å²) < 4.78 is 23.9. The van der Waals surface area contributed by atoms with Crippen molar-refractivity contribution in [3.63, 3.8) is 0 Å². The number of piperidine rings is 1. The summed E-state index contributed by atoms with van der Waals surface area (Å²) in [7, 11) is 1.42. The molecule has 0 saturated carbocycles. The Balaban J connectivity index is 1.56. The highest BCUT2D eigenvalue weighted by Gasteiger charge is 2.20. The summed E-state index contributed by atoms with van der Waals surface area (Å²) in [6.07, 6.45) is 5.41. The Bertz CT molecular complexity index is 926. The van der Waals surface area contributed by atoms with Crippen LogP contribution in [0, 0.1) is 5.82 Å². The van der Waals surface area contributed by atoms with Gasteiger partial charge in [0.25, 0.3) is 5.89 Å². The highest BCUT2D eigenvalue weighted by Crippen LogP contribution is 2.28. The zero-order valence-electron chi connectivity index (χ0n) is 15.4. The summed E-state index contributed by atoms with van der Waals surface area (Å²) in [5, 5.41) is 3.99. The summed E-state index contributed by atoms with van der Waals surface area (Å²) in [5.41, 5.74) is 1.37. The summed E-state index contributed by atoms with van der Waals surface area (Å²) >= 11 is 0. The van der Waals surface area contributed by atoms with Crippen LogP contribution < -0.4 is 9.64 Å². The van der Waals surface area contributed by atoms with Crippen LogP contribution in [0.15, 0.2) is 41.1 Å². The quantitative estimate of drug-likeness (QED) is 0.683. The standard InChI is InChI=1S/C20H21FN4O2/c1-13-5-3-4-10-25(13)18-9-7-15(12-22-18)20-23-19(24-27-20)14-6-8-16(21)17(11-14)26-2/h6-9,11-13H,3-5,10H2,1-2H3. The van der Waals surface area contributed by atoms with E-state index in [2.05, 4.69) is 26.9 Å². The van der Waals surface area contributed by atoms with E-state index in [4.69, 9.17) is 9.26 Å². The number of hydrogen-bond donors (Lipinski definition) is 0. The number of halogens is 1. The van der Waals surface area contributed by atoms with E-state index < -0.39 is 5.82 Å². The average Bonchev–Trinajstić information content (AvgIpc) is 3.19. The zero-order chi connectivity index (χ0) is 18.8. The molecule has 1 atom stereocenters. The lowest BCUT2D eigenvalue weighted by molar-refractivity contribution is 0.386. The Kier molecular flexibility index (Phi) is 4.75. The number of hydrogen-bond acceptors (Lipinski definition) is 6. The predicted octanol–water partition coefficient (Wildman–Crippen LogP) is 4.33. The van der Waals surface area contributed by atoms with E-state index in [1.54, 1.807) is 18.3 Å². The monoisotopic (exact) mass is 368 g/mol. The van der Waals surface area contributed by atoms with Crippen molar-refractivity contribution in [3.05, 3.63) is 42.3 Å². The van der Waals surface area contributed by atoms with Crippen molar-refractivity contribution in [1.29, 1.82) is 0 Å². The molecule has 0 spiro atoms. The van der Waals surface area contributed by atoms with Crippen LogP contribution in [0.3, 0.4) is 0 Å². The van der Waals surface area contributed by atoms with Gasteiger partial charge in [0.1, 0.15) is 5.82 Å². The van der Waals surface area contributed by atoms with Crippen molar-refractivity contribution in [2.75, 3.05) is 18.6 Å². The molecule has 1 aliphatic rings. The fourth-order valence-corrected chi connectivity index (χ4v) is 3.38. The molecule has 0 aliphatic carbocycles. The minimum atomic E-state index is -0.434. The molecular weight excluding hydrogens is 347 g/mol. The highest BCUT2D eigenvalue weighted by atomic mass is 19.1. The topological polar surface area (TPSA) is 64.3 Å². The van der Waals surface area contributed by atoms with Crippen LogP contribution in [0.1, 0.15) is 26.2 Å². The first kappa shape index (κ1) is 17.5. The van der Waals surface area contributed by atoms with Gasteiger partial charge in [0.05, 0.1) is 12.7 Å². The number of anilines is 1. The van der Waals surface area contributed by atoms with Gasteiger partial charge in [-0.2, -0.15) is 4.98 Å². The third-order valence-corrected chi connectivity index (χ3v) is 4.93. The first-order chi connectivity index (χ1) is 13.2. The zero-order valence-corrected chi connectivity index (χ0v) is 15.4. The molecule has 140 valence electrons. The van der Waals surface area contributed by atoms with Crippen molar-refractivity contribution in [3.8, 4) is 28.6 Å². The number of ether oxygens (including phenoxy) is 1. The van der Waals surface area contributed by atoms with Crippen LogP contribution >= 0.6 is 0 Å². The fraction of sp³-hybridized carbons (Fsp3) is 0.350. The molecule has 27 heavy (non-hydrogen) atoms. The fourth-order valence-electron chi connectivity index (χ4n) is 3.38. The maximum atomic E-state index is 13.6. The molecule has 3 aromatic rings. The number of nitrogens with zero attached hydrogens (tertiary/aromatic N) is 4. The number of rotatable bonds is 4. The van der Waals surface area contributed by atoms with E-state index >= 15 is 0 Å². The minimum absolute atomic E-state index is 0.139. The molecule has 1 aromatic carbocycles. The van der Waals surface area contributed by atoms with Crippen LogP contribution in [0.2, 0.25) is 0 Å². The van der Waals surface area contributed by atoms with Gasteiger partial charge in [0.2, 0.25) is 5.82 Å². The van der Waals surface area contributed by atoms with Crippen molar-refractivity contribution in [2.24, 2.45) is 0 Å². The maximum absolute atomic E-state index is 13.6. The summed E-state index contributed by atoms with van der Waals surface area (Å²) in [4.78, 5) is 11.3. The van der Waals surface area contributed by atoms with Gasteiger partial charge in [-0.1, -0.05) is 5.16 Å². The average molecular weight is 368 g/mol. The van der Waals surface area contributed by atoms with Crippen LogP contribution in [-0.2, 0) is 0 Å². The Morgan fingerprint density at radius 3 is 2.78 bits per heavy atom. The molecule has 1 saturated heterocycles. The Hall–Kier alpha value is -2.96. The summed E-state index contributed by atoms with van der Waals surface area (Å²) in [5.74, 6) is 1.42. The molecule has 3 heterocycles. The van der Waals surface area contributed by atoms with Crippen molar-refractivity contribution < 1.29 is 13.7 Å². The van der Waals surface area contributed by atoms with Crippen LogP contribution in [0.4, 0.5) is 10.2 Å². The molecule has 6 nitrogen and oxygen atoms in total. The van der Waals surface area contributed by atoms with Crippen molar-refractivity contribution >= 4 is 5.82 Å². The van der Waals surface area contributed by atoms with Crippen LogP contribution in [0.25, 0.3) is 22.8 Å². The molecule has 0 N–H and O–H groups in total. The van der Waals surface area contributed by atoms with E-state index in [1.807, 2.05) is 12.1 Å². The summed E-state index contributed by atoms with van der Waals surface area (Å²) in [6, 6.07) is 8.88. The van der Waals surface area contributed by atoms with E-state index in [0.29, 0.717) is 23.3 Å². The molecule has 1 unspecified atom stereocenters. The first-order valence-electron chi connectivity index (χ1n) is 9.06. The van der Waals surface area contributed by atoms with Crippen LogP contribution in [0.5, 0.6) is 5.75 Å². The Morgan fingerprint density at radius 2 is 2.04 bits per heavy atom. The summed E-state index contributed by atoms with van der Waals surface area (Å²) in [6.45, 7) is 3.26. The number of methoxy groups -OCH3 is 1. The second-order valence-electron chi connectivity index (χ2n) is 6.72. The van der Waals surface area contributed by atoms with Crippen molar-refractivity contribution in [1.82, 2.24) is 15.1 Å². The van der Waals surface area contributed by atoms with Gasteiger partial charge >= 0.3 is 0 Å². The number of benzene rings is 1. The Morgan fingerprint density at radius 1 is 1.19 bits per heavy atom. The minimum Gasteiger partial charge on any atom is -0.494 e. The molecule has 1 fully saturated rings. The first-order valence-corrected chi connectivity index (χ1v) is 9.06. The molecule has 1 aliphatic heterocycles. The lowest BCUT2D eigenvalue weighted by Crippen LogP contribution is -2.37. The van der Waals surface area contributed by atoms with E-state index in [0.717, 1.165) is 17.9 Å². The second kappa shape index (κ2) is 7.34. The van der Waals surface area contributed by atoms with Gasteiger partial charge in [0.15, 0.2) is 11.6 Å². The smallest absolute Gasteiger partial charge is 0.259 e. The normalized spacial score (nSPS) is 17.1. The van der Waals surface area contributed by atoms with Gasteiger partial charge in [-0.05, 0) is 56.5 Å². The highest BCUT2D eigenvalue weighted by molar-refractivity contribution is 5.61. The number of aromatic nitrogens is 3. The van der Waals surface area contributed by atoms with Gasteiger partial charge < -0.3 is 14.2 Å². The van der Waals surface area contributed by atoms with E-state index in [9.17, 15) is 4.39 Å². The van der Waals surface area contributed by atoms with Gasteiger partial charge in [-0.15, -0.1) is 0 Å². The predicted molar refractivity (Wildman–Crippen MR) is 100 cm³/mol. The second-order valence-corrected chi connectivity index (χ2v) is 6.72. The molecule has 2 aromatic heterocycles. The third kappa shape index (κ3) is 3.49. The third-order valence-electron chi connectivity index (χ3n) is 4.93. The maximum Gasteiger partial charge on any atom is 0.259 e. The molecule has 0 bridgehead atoms. The van der Waals surface area contributed by atoms with Crippen LogP contribution in [-0.4, -0.2) is 34.8 Å². The van der Waals surface area contributed by atoms with E-state index in [1.165, 1.54) is 32.4 Å². The van der Waals surface area contributed by atoms with E-state index in [-0.39, 0.29) is 5.75 Å². The largest absolute Gasteiger partial charge is 0.494 e. The SMILES string of the molecule is COc1cc(-c2noc(-c3ccc(N4CCCCC4C)nc3)n2)ccc1F. The van der Waals surface area contributed by atoms with Gasteiger partial charge in [0, 0.05) is 24.3 Å². The lowest BCUT2D eigenvalue weighted by atomic mass is 10.0. The molecule has 7 heteroatoms. The number of pyridine rings is 1. The van der Waals surface area contributed by atoms with Crippen molar-refractivity contribution in [2.45, 2.75) is 32.2 Å². The van der Waals surface area contributed by atoms with Gasteiger partial charge in [-0.3, -0.25) is 0 Å². The van der Waals surface area contributed by atoms with Gasteiger partial charge in [-0.25, -0.2) is 9.37 Å². The molecule has 4 rings (SSSR count). The molecule has 0 amide bonds. The Labute approximate surface area is 157 Å². The molecule has 0 radical (unpaired) electrons. The molecular formula is C20H21FN4O2.